The van der Waals surface area contributed by atoms with Gasteiger partial charge in [0.15, 0.2) is 0 Å². The van der Waals surface area contributed by atoms with Crippen molar-refractivity contribution in [3.8, 4) is 6.07 Å². The zero-order valence-corrected chi connectivity index (χ0v) is 9.75. The molecule has 0 aromatic carbocycles. The highest BCUT2D eigenvalue weighted by Crippen LogP contribution is 2.10. The molecule has 0 saturated heterocycles. The number of nitriles is 1. The summed E-state index contributed by atoms with van der Waals surface area (Å²) >= 11 is 0. The third-order valence-corrected chi connectivity index (χ3v) is 1.76. The third-order valence-electron chi connectivity index (χ3n) is 1.76. The molecule has 1 atom stereocenters. The van der Waals surface area contributed by atoms with Crippen molar-refractivity contribution in [3.63, 3.8) is 0 Å². The molecule has 0 heterocycles. The maximum atomic E-state index is 11.4. The number of esters is 1. The zero-order chi connectivity index (χ0) is 11.9. The molecule has 0 aliphatic carbocycles. The van der Waals surface area contributed by atoms with Gasteiger partial charge in [-0.15, -0.1) is 0 Å². The zero-order valence-electron chi connectivity index (χ0n) is 9.75. The molecule has 4 nitrogen and oxygen atoms in total. The Morgan fingerprint density at radius 2 is 2.07 bits per heavy atom. The van der Waals surface area contributed by atoms with Crippen LogP contribution in [-0.4, -0.2) is 17.6 Å². The lowest BCUT2D eigenvalue weighted by molar-refractivity contribution is -0.156. The van der Waals surface area contributed by atoms with Gasteiger partial charge in [0.05, 0.1) is 6.07 Å². The Hall–Kier alpha value is -1.08. The summed E-state index contributed by atoms with van der Waals surface area (Å²) in [4.78, 5) is 11.4. The van der Waals surface area contributed by atoms with Gasteiger partial charge in [-0.2, -0.15) is 5.26 Å². The minimum Gasteiger partial charge on any atom is -0.459 e. The van der Waals surface area contributed by atoms with Crippen LogP contribution >= 0.6 is 0 Å². The molecule has 0 amide bonds. The van der Waals surface area contributed by atoms with Crippen LogP contribution in [0, 0.1) is 11.3 Å². The van der Waals surface area contributed by atoms with Gasteiger partial charge in [0.25, 0.3) is 0 Å². The summed E-state index contributed by atoms with van der Waals surface area (Å²) in [5.41, 5.74) is 5.16. The number of rotatable bonds is 5. The number of carbonyl (C=O) groups is 1. The molecule has 2 N–H and O–H groups in total. The topological polar surface area (TPSA) is 76.1 Å². The lowest BCUT2D eigenvalue weighted by Crippen LogP contribution is -2.37. The van der Waals surface area contributed by atoms with E-state index in [4.69, 9.17) is 15.7 Å². The SMILES string of the molecule is CC(C)(C)OC(=O)C(N)CCCCC#N. The van der Waals surface area contributed by atoms with Gasteiger partial charge >= 0.3 is 5.97 Å². The van der Waals surface area contributed by atoms with Crippen LogP contribution in [0.4, 0.5) is 0 Å². The average Bonchev–Trinajstić information content (AvgIpc) is 2.09. The molecule has 1 unspecified atom stereocenters. The Kier molecular flexibility index (Phi) is 5.95. The fraction of sp³-hybridized carbons (Fsp3) is 0.818. The van der Waals surface area contributed by atoms with E-state index in [9.17, 15) is 4.79 Å². The first-order valence-electron chi connectivity index (χ1n) is 5.22. The van der Waals surface area contributed by atoms with E-state index in [-0.39, 0.29) is 5.97 Å². The molecule has 86 valence electrons. The molecule has 0 aliphatic heterocycles. The molecule has 0 bridgehead atoms. The predicted molar refractivity (Wildman–Crippen MR) is 57.9 cm³/mol. The molecule has 0 aliphatic rings. The highest BCUT2D eigenvalue weighted by atomic mass is 16.6. The van der Waals surface area contributed by atoms with Crippen LogP contribution in [-0.2, 0) is 9.53 Å². The van der Waals surface area contributed by atoms with Crippen molar-refractivity contribution < 1.29 is 9.53 Å². The molecule has 0 saturated carbocycles. The summed E-state index contributed by atoms with van der Waals surface area (Å²) in [5, 5.41) is 8.32. The maximum Gasteiger partial charge on any atom is 0.323 e. The molecule has 4 heteroatoms. The second kappa shape index (κ2) is 6.41. The first-order chi connectivity index (χ1) is 6.87. The fourth-order valence-corrected chi connectivity index (χ4v) is 1.06. The van der Waals surface area contributed by atoms with Crippen molar-refractivity contribution in [3.05, 3.63) is 0 Å². The Morgan fingerprint density at radius 1 is 1.47 bits per heavy atom. The Balaban J connectivity index is 3.76. The molecule has 0 fully saturated rings. The lowest BCUT2D eigenvalue weighted by atomic mass is 10.1. The number of ether oxygens (including phenoxy) is 1. The summed E-state index contributed by atoms with van der Waals surface area (Å²) in [6.07, 6.45) is 2.67. The predicted octanol–water partition coefficient (Wildman–Crippen LogP) is 1.74. The van der Waals surface area contributed by atoms with Gasteiger partial charge in [-0.3, -0.25) is 4.79 Å². The monoisotopic (exact) mass is 212 g/mol. The highest BCUT2D eigenvalue weighted by molar-refractivity contribution is 5.75. The van der Waals surface area contributed by atoms with Gasteiger partial charge in [0.1, 0.15) is 11.6 Å². The molecule has 0 aromatic heterocycles. The number of carbonyl (C=O) groups excluding carboxylic acids is 1. The summed E-state index contributed by atoms with van der Waals surface area (Å²) in [7, 11) is 0. The van der Waals surface area contributed by atoms with E-state index < -0.39 is 11.6 Å². The molecule has 0 rings (SSSR count). The molecule has 0 radical (unpaired) electrons. The normalized spacial score (nSPS) is 13.0. The van der Waals surface area contributed by atoms with Crippen molar-refractivity contribution in [2.24, 2.45) is 5.73 Å². The number of nitrogens with two attached hydrogens (primary N) is 1. The minimum atomic E-state index is -0.567. The van der Waals surface area contributed by atoms with E-state index in [2.05, 4.69) is 6.07 Å². The Bertz CT molecular complexity index is 238. The van der Waals surface area contributed by atoms with Crippen LogP contribution in [0.5, 0.6) is 0 Å². The number of hydrogen-bond donors (Lipinski definition) is 1. The lowest BCUT2D eigenvalue weighted by Gasteiger charge is -2.22. The second-order valence-electron chi connectivity index (χ2n) is 4.54. The van der Waals surface area contributed by atoms with Gasteiger partial charge < -0.3 is 10.5 Å². The highest BCUT2D eigenvalue weighted by Gasteiger charge is 2.21. The standard InChI is InChI=1S/C11H20N2O2/c1-11(2,3)15-10(14)9(13)7-5-4-6-8-12/h9H,4-7,13H2,1-3H3. The largest absolute Gasteiger partial charge is 0.459 e. The van der Waals surface area contributed by atoms with Gasteiger partial charge in [-0.1, -0.05) is 6.42 Å². The van der Waals surface area contributed by atoms with Crippen LogP contribution in [0.2, 0.25) is 0 Å². The van der Waals surface area contributed by atoms with Crippen LogP contribution in [0.25, 0.3) is 0 Å². The van der Waals surface area contributed by atoms with Crippen molar-refractivity contribution in [2.45, 2.75) is 58.1 Å². The van der Waals surface area contributed by atoms with Gasteiger partial charge in [0.2, 0.25) is 0 Å². The maximum absolute atomic E-state index is 11.4. The average molecular weight is 212 g/mol. The third kappa shape index (κ3) is 7.95. The summed E-state index contributed by atoms with van der Waals surface area (Å²) in [5.74, 6) is -0.362. The number of nitrogens with zero attached hydrogens (tertiary/aromatic N) is 1. The van der Waals surface area contributed by atoms with E-state index in [0.717, 1.165) is 12.8 Å². The number of hydrogen-bond acceptors (Lipinski definition) is 4. The van der Waals surface area contributed by atoms with E-state index in [1.54, 1.807) is 0 Å². The summed E-state index contributed by atoms with van der Waals surface area (Å²) in [6, 6.07) is 1.49. The molecular formula is C11H20N2O2. The van der Waals surface area contributed by atoms with Gasteiger partial charge in [0, 0.05) is 6.42 Å². The molecule has 0 aromatic rings. The number of unbranched alkanes of at least 4 members (excludes halogenated alkanes) is 2. The minimum absolute atomic E-state index is 0.362. The van der Waals surface area contributed by atoms with Crippen molar-refractivity contribution in [2.75, 3.05) is 0 Å². The van der Waals surface area contributed by atoms with E-state index >= 15 is 0 Å². The van der Waals surface area contributed by atoms with Crippen LogP contribution < -0.4 is 5.73 Å². The summed E-state index contributed by atoms with van der Waals surface area (Å²) in [6.45, 7) is 5.44. The molecule has 15 heavy (non-hydrogen) atoms. The molecular weight excluding hydrogens is 192 g/mol. The van der Waals surface area contributed by atoms with E-state index in [1.165, 1.54) is 0 Å². The van der Waals surface area contributed by atoms with Crippen LogP contribution in [0.15, 0.2) is 0 Å². The van der Waals surface area contributed by atoms with Crippen molar-refractivity contribution in [1.29, 1.82) is 5.26 Å². The Morgan fingerprint density at radius 3 is 2.53 bits per heavy atom. The Labute approximate surface area is 91.4 Å². The first kappa shape index (κ1) is 13.9. The summed E-state index contributed by atoms with van der Waals surface area (Å²) < 4.78 is 5.13. The van der Waals surface area contributed by atoms with E-state index in [1.807, 2.05) is 20.8 Å². The quantitative estimate of drug-likeness (QED) is 0.556. The van der Waals surface area contributed by atoms with Gasteiger partial charge in [-0.05, 0) is 33.6 Å². The van der Waals surface area contributed by atoms with Crippen LogP contribution in [0.3, 0.4) is 0 Å². The van der Waals surface area contributed by atoms with E-state index in [0.29, 0.717) is 12.8 Å². The fourth-order valence-electron chi connectivity index (χ4n) is 1.06. The van der Waals surface area contributed by atoms with Crippen LogP contribution in [0.1, 0.15) is 46.5 Å². The first-order valence-corrected chi connectivity index (χ1v) is 5.22. The molecule has 0 spiro atoms. The van der Waals surface area contributed by atoms with Gasteiger partial charge in [-0.25, -0.2) is 0 Å². The smallest absolute Gasteiger partial charge is 0.323 e. The van der Waals surface area contributed by atoms with Crippen molar-refractivity contribution >= 4 is 5.97 Å². The van der Waals surface area contributed by atoms with Crippen molar-refractivity contribution in [1.82, 2.24) is 0 Å². The second-order valence-corrected chi connectivity index (χ2v) is 4.54.